The summed E-state index contributed by atoms with van der Waals surface area (Å²) in [6.45, 7) is 4.36. The third-order valence-corrected chi connectivity index (χ3v) is 2.44. The first-order chi connectivity index (χ1) is 10.6. The summed E-state index contributed by atoms with van der Waals surface area (Å²) in [7, 11) is 1.61. The van der Waals surface area contributed by atoms with E-state index in [4.69, 9.17) is 14.2 Å². The molecule has 1 aromatic heterocycles. The van der Waals surface area contributed by atoms with Crippen molar-refractivity contribution in [3.63, 3.8) is 0 Å². The van der Waals surface area contributed by atoms with E-state index in [9.17, 15) is 9.59 Å². The first kappa shape index (κ1) is 18.1. The molecule has 0 aromatic carbocycles. The normalized spacial score (nSPS) is 10.5. The van der Waals surface area contributed by atoms with Crippen LogP contribution in [0.15, 0.2) is 10.9 Å². The first-order valence-corrected chi connectivity index (χ1v) is 6.89. The summed E-state index contributed by atoms with van der Waals surface area (Å²) in [5, 5.41) is 5.02. The summed E-state index contributed by atoms with van der Waals surface area (Å²) in [5.41, 5.74) is 0.204. The molecule has 22 heavy (non-hydrogen) atoms. The monoisotopic (exact) mass is 314 g/mol. The lowest BCUT2D eigenvalue weighted by molar-refractivity contribution is 0.0260. The highest BCUT2D eigenvalue weighted by Crippen LogP contribution is 1.94. The number of carbonyl (C=O) groups excluding carboxylic acids is 1. The van der Waals surface area contributed by atoms with Gasteiger partial charge in [0.25, 0.3) is 5.56 Å². The van der Waals surface area contributed by atoms with Crippen LogP contribution in [0.2, 0.25) is 0 Å². The Morgan fingerprint density at radius 2 is 1.91 bits per heavy atom. The number of ether oxygens (including phenoxy) is 3. The molecule has 3 N–H and O–H groups in total. The Bertz CT molecular complexity index is 505. The largest absolute Gasteiger partial charge is 0.382 e. The van der Waals surface area contributed by atoms with Gasteiger partial charge in [-0.25, -0.2) is 9.78 Å². The van der Waals surface area contributed by atoms with E-state index in [0.29, 0.717) is 45.3 Å². The molecule has 1 aromatic rings. The minimum Gasteiger partial charge on any atom is -0.382 e. The number of aromatic amines is 1. The van der Waals surface area contributed by atoms with Crippen LogP contribution < -0.4 is 16.2 Å². The van der Waals surface area contributed by atoms with Gasteiger partial charge in [0.15, 0.2) is 0 Å². The van der Waals surface area contributed by atoms with Gasteiger partial charge >= 0.3 is 6.03 Å². The molecule has 0 radical (unpaired) electrons. The van der Waals surface area contributed by atoms with Crippen molar-refractivity contribution in [3.05, 3.63) is 22.1 Å². The molecule has 0 unspecified atom stereocenters. The lowest BCUT2D eigenvalue weighted by Gasteiger charge is -2.08. The van der Waals surface area contributed by atoms with Gasteiger partial charge in [0.1, 0.15) is 0 Å². The van der Waals surface area contributed by atoms with Crippen LogP contribution in [0.25, 0.3) is 0 Å². The lowest BCUT2D eigenvalue weighted by Crippen LogP contribution is -2.33. The van der Waals surface area contributed by atoms with Crippen LogP contribution in [0.3, 0.4) is 0 Å². The molecule has 2 amide bonds. The molecule has 0 bridgehead atoms. The van der Waals surface area contributed by atoms with E-state index < -0.39 is 6.03 Å². The van der Waals surface area contributed by atoms with E-state index in [1.807, 2.05) is 0 Å². The smallest absolute Gasteiger partial charge is 0.321 e. The minimum atomic E-state index is -0.464. The predicted octanol–water partition coefficient (Wildman–Crippen LogP) is -0.121. The maximum absolute atomic E-state index is 11.6. The highest BCUT2D eigenvalue weighted by Gasteiger charge is 2.03. The number of H-pyrrole nitrogens is 1. The van der Waals surface area contributed by atoms with Gasteiger partial charge in [0, 0.05) is 25.4 Å². The average molecular weight is 314 g/mol. The standard InChI is InChI=1S/C13H22N4O5/c1-10-9-11(18)16-12(15-10)17-13(19)14-3-4-21-7-8-22-6-5-20-2/h9H,3-8H2,1-2H3,(H3,14,15,16,17,18,19). The summed E-state index contributed by atoms with van der Waals surface area (Å²) in [6, 6.07) is 0.875. The highest BCUT2D eigenvalue weighted by molar-refractivity contribution is 5.87. The number of aryl methyl sites for hydroxylation is 1. The van der Waals surface area contributed by atoms with Crippen LogP contribution in [0, 0.1) is 6.92 Å². The molecular weight excluding hydrogens is 292 g/mol. The second-order valence-corrected chi connectivity index (χ2v) is 4.33. The molecule has 9 heteroatoms. The Kier molecular flexibility index (Phi) is 8.80. The van der Waals surface area contributed by atoms with E-state index in [1.54, 1.807) is 14.0 Å². The van der Waals surface area contributed by atoms with Gasteiger partial charge < -0.3 is 19.5 Å². The second-order valence-electron chi connectivity index (χ2n) is 4.33. The fourth-order valence-corrected chi connectivity index (χ4v) is 1.49. The van der Waals surface area contributed by atoms with Gasteiger partial charge in [-0.2, -0.15) is 0 Å². The lowest BCUT2D eigenvalue weighted by atomic mass is 10.4. The zero-order valence-corrected chi connectivity index (χ0v) is 12.8. The minimum absolute atomic E-state index is 0.106. The van der Waals surface area contributed by atoms with E-state index >= 15 is 0 Å². The fraction of sp³-hybridized carbons (Fsp3) is 0.615. The topological polar surface area (TPSA) is 115 Å². The van der Waals surface area contributed by atoms with Crippen molar-refractivity contribution in [2.75, 3.05) is 52.0 Å². The molecule has 0 saturated heterocycles. The van der Waals surface area contributed by atoms with Crippen molar-refractivity contribution in [3.8, 4) is 0 Å². The third-order valence-electron chi connectivity index (χ3n) is 2.44. The van der Waals surface area contributed by atoms with Crippen molar-refractivity contribution < 1.29 is 19.0 Å². The molecule has 1 rings (SSSR count). The number of nitrogens with one attached hydrogen (secondary N) is 3. The highest BCUT2D eigenvalue weighted by atomic mass is 16.5. The van der Waals surface area contributed by atoms with Gasteiger partial charge in [-0.1, -0.05) is 0 Å². The van der Waals surface area contributed by atoms with Crippen molar-refractivity contribution >= 4 is 12.0 Å². The molecule has 9 nitrogen and oxygen atoms in total. The Labute approximate surface area is 128 Å². The van der Waals surface area contributed by atoms with Crippen molar-refractivity contribution in [1.82, 2.24) is 15.3 Å². The SMILES string of the molecule is COCCOCCOCCNC(=O)Nc1nc(C)cc(=O)[nH]1. The second kappa shape index (κ2) is 10.7. The summed E-state index contributed by atoms with van der Waals surface area (Å²) in [6.07, 6.45) is 0. The molecule has 124 valence electrons. The van der Waals surface area contributed by atoms with Gasteiger partial charge in [0.05, 0.1) is 33.0 Å². The molecule has 1 heterocycles. The number of methoxy groups -OCH3 is 1. The first-order valence-electron chi connectivity index (χ1n) is 6.89. The maximum atomic E-state index is 11.6. The van der Waals surface area contributed by atoms with Gasteiger partial charge in [0.2, 0.25) is 5.95 Å². The molecule has 0 saturated carbocycles. The van der Waals surface area contributed by atoms with Crippen LogP contribution in [0.5, 0.6) is 0 Å². The number of rotatable bonds is 10. The number of nitrogens with zero attached hydrogens (tertiary/aromatic N) is 1. The quantitative estimate of drug-likeness (QED) is 0.519. The Hall–Kier alpha value is -1.97. The van der Waals surface area contributed by atoms with Crippen molar-refractivity contribution in [2.45, 2.75) is 6.92 Å². The zero-order chi connectivity index (χ0) is 16.2. The fourth-order valence-electron chi connectivity index (χ4n) is 1.49. The molecule has 0 aliphatic rings. The van der Waals surface area contributed by atoms with Crippen LogP contribution in [-0.4, -0.2) is 62.7 Å². The Morgan fingerprint density at radius 3 is 2.59 bits per heavy atom. The Morgan fingerprint density at radius 1 is 1.23 bits per heavy atom. The summed E-state index contributed by atoms with van der Waals surface area (Å²) < 4.78 is 15.3. The average Bonchev–Trinajstić information content (AvgIpc) is 2.44. The van der Waals surface area contributed by atoms with Gasteiger partial charge in [-0.3, -0.25) is 15.1 Å². The van der Waals surface area contributed by atoms with Crippen LogP contribution >= 0.6 is 0 Å². The number of carbonyl (C=O) groups is 1. The molecule has 0 atom stereocenters. The number of amides is 2. The van der Waals surface area contributed by atoms with E-state index in [-0.39, 0.29) is 11.5 Å². The van der Waals surface area contributed by atoms with Crippen LogP contribution in [0.1, 0.15) is 5.69 Å². The summed E-state index contributed by atoms with van der Waals surface area (Å²) in [5.74, 6) is 0.106. The van der Waals surface area contributed by atoms with Crippen molar-refractivity contribution in [1.29, 1.82) is 0 Å². The van der Waals surface area contributed by atoms with E-state index in [0.717, 1.165) is 0 Å². The van der Waals surface area contributed by atoms with Gasteiger partial charge in [-0.15, -0.1) is 0 Å². The number of aromatic nitrogens is 2. The Balaban J connectivity index is 2.07. The van der Waals surface area contributed by atoms with Crippen molar-refractivity contribution in [2.24, 2.45) is 0 Å². The number of urea groups is 1. The zero-order valence-electron chi connectivity index (χ0n) is 12.8. The number of hydrogen-bond acceptors (Lipinski definition) is 6. The number of hydrogen-bond donors (Lipinski definition) is 3. The van der Waals surface area contributed by atoms with E-state index in [2.05, 4.69) is 20.6 Å². The van der Waals surface area contributed by atoms with Crippen LogP contribution in [0.4, 0.5) is 10.7 Å². The maximum Gasteiger partial charge on any atom is 0.321 e. The van der Waals surface area contributed by atoms with Crippen LogP contribution in [-0.2, 0) is 14.2 Å². The molecule has 0 fully saturated rings. The summed E-state index contributed by atoms with van der Waals surface area (Å²) >= 11 is 0. The molecule has 0 spiro atoms. The molecule has 0 aliphatic heterocycles. The number of anilines is 1. The third kappa shape index (κ3) is 8.35. The molecular formula is C13H22N4O5. The van der Waals surface area contributed by atoms with Gasteiger partial charge in [-0.05, 0) is 6.92 Å². The van der Waals surface area contributed by atoms with E-state index in [1.165, 1.54) is 6.07 Å². The summed E-state index contributed by atoms with van der Waals surface area (Å²) in [4.78, 5) is 29.2. The predicted molar refractivity (Wildman–Crippen MR) is 80.1 cm³/mol. The molecule has 0 aliphatic carbocycles.